The molecule has 2 N–H and O–H groups in total. The van der Waals surface area contributed by atoms with Crippen LogP contribution in [0.4, 0.5) is 5.69 Å². The van der Waals surface area contributed by atoms with E-state index >= 15 is 0 Å². The maximum Gasteiger partial charge on any atom is 0.251 e. The zero-order chi connectivity index (χ0) is 17.6. The molecule has 1 saturated heterocycles. The van der Waals surface area contributed by atoms with Crippen molar-refractivity contribution < 1.29 is 9.59 Å². The van der Waals surface area contributed by atoms with Crippen molar-refractivity contribution in [2.75, 3.05) is 25.0 Å². The highest BCUT2D eigenvalue weighted by atomic mass is 16.2. The molecule has 5 nitrogen and oxygen atoms in total. The van der Waals surface area contributed by atoms with E-state index < -0.39 is 0 Å². The summed E-state index contributed by atoms with van der Waals surface area (Å²) in [4.78, 5) is 26.6. The van der Waals surface area contributed by atoms with E-state index in [0.717, 1.165) is 26.1 Å². The Morgan fingerprint density at radius 3 is 2.58 bits per heavy atom. The lowest BCUT2D eigenvalue weighted by atomic mass is 10.0. The Bertz CT molecular complexity index is 578. The molecule has 0 spiro atoms. The highest BCUT2D eigenvalue weighted by molar-refractivity contribution is 5.97. The molecule has 0 saturated carbocycles. The fourth-order valence-corrected chi connectivity index (χ4v) is 3.11. The van der Waals surface area contributed by atoms with Crippen molar-refractivity contribution in [2.45, 2.75) is 52.0 Å². The molecular weight excluding hydrogens is 302 g/mol. The third-order valence-corrected chi connectivity index (χ3v) is 4.16. The number of carbonyl (C=O) groups excluding carboxylic acids is 2. The van der Waals surface area contributed by atoms with E-state index in [-0.39, 0.29) is 17.4 Å². The van der Waals surface area contributed by atoms with Gasteiger partial charge >= 0.3 is 0 Å². The van der Waals surface area contributed by atoms with E-state index in [2.05, 4.69) is 29.4 Å². The molecule has 24 heavy (non-hydrogen) atoms. The highest BCUT2D eigenvalue weighted by Gasteiger charge is 2.25. The minimum absolute atomic E-state index is 0.0237. The summed E-state index contributed by atoms with van der Waals surface area (Å²) < 4.78 is 0. The van der Waals surface area contributed by atoms with Crippen LogP contribution in [0.25, 0.3) is 0 Å². The average Bonchev–Trinajstić information content (AvgIpc) is 2.99. The summed E-state index contributed by atoms with van der Waals surface area (Å²) in [6.45, 7) is 9.14. The molecule has 1 aliphatic rings. The minimum atomic E-state index is -0.289. The van der Waals surface area contributed by atoms with Gasteiger partial charge in [-0.25, -0.2) is 0 Å². The minimum Gasteiger partial charge on any atom is -0.346 e. The van der Waals surface area contributed by atoms with Gasteiger partial charge in [0.25, 0.3) is 5.91 Å². The number of nitrogens with zero attached hydrogens (tertiary/aromatic N) is 1. The molecule has 0 unspecified atom stereocenters. The van der Waals surface area contributed by atoms with Crippen molar-refractivity contribution in [2.24, 2.45) is 0 Å². The van der Waals surface area contributed by atoms with Crippen LogP contribution in [0.2, 0.25) is 0 Å². The number of benzene rings is 1. The molecule has 2 rings (SSSR count). The summed E-state index contributed by atoms with van der Waals surface area (Å²) in [5, 5.41) is 5.94. The first kappa shape index (κ1) is 18.5. The number of nitrogens with one attached hydrogen (secondary N) is 2. The molecule has 132 valence electrons. The van der Waals surface area contributed by atoms with Crippen molar-refractivity contribution in [3.05, 3.63) is 29.8 Å². The smallest absolute Gasteiger partial charge is 0.251 e. The molecule has 1 heterocycles. The van der Waals surface area contributed by atoms with Gasteiger partial charge in [0.05, 0.1) is 0 Å². The molecule has 1 aliphatic heterocycles. The number of hydrogen-bond donors (Lipinski definition) is 2. The van der Waals surface area contributed by atoms with E-state index in [9.17, 15) is 9.59 Å². The zero-order valence-corrected chi connectivity index (χ0v) is 15.0. The molecule has 0 radical (unpaired) electrons. The Morgan fingerprint density at radius 1 is 1.21 bits per heavy atom. The lowest BCUT2D eigenvalue weighted by Gasteiger charge is -2.31. The fraction of sp³-hybridized carbons (Fsp3) is 0.579. The van der Waals surface area contributed by atoms with E-state index in [1.54, 1.807) is 24.3 Å². The summed E-state index contributed by atoms with van der Waals surface area (Å²) in [6.07, 6.45) is 3.77. The molecule has 5 heteroatoms. The SMILES string of the molecule is CCCC(=O)Nc1cccc(C(=O)NC(C)(C)CN2CCCC2)c1. The molecule has 1 aromatic carbocycles. The van der Waals surface area contributed by atoms with Gasteiger partial charge in [0.15, 0.2) is 0 Å². The first-order chi connectivity index (χ1) is 11.4. The van der Waals surface area contributed by atoms with Gasteiger partial charge in [-0.05, 0) is 64.4 Å². The highest BCUT2D eigenvalue weighted by Crippen LogP contribution is 2.15. The average molecular weight is 331 g/mol. The van der Waals surface area contributed by atoms with Crippen molar-refractivity contribution in [3.63, 3.8) is 0 Å². The second kappa shape index (κ2) is 8.29. The van der Waals surface area contributed by atoms with Gasteiger partial charge in [0.2, 0.25) is 5.91 Å². The summed E-state index contributed by atoms with van der Waals surface area (Å²) in [5.41, 5.74) is 0.945. The standard InChI is InChI=1S/C19H29N3O2/c1-4-8-17(23)20-16-10-7-9-15(13-16)18(24)21-19(2,3)14-22-11-5-6-12-22/h7,9-10,13H,4-6,8,11-12,14H2,1-3H3,(H,20,23)(H,21,24). The van der Waals surface area contributed by atoms with Crippen molar-refractivity contribution >= 4 is 17.5 Å². The number of amides is 2. The van der Waals surface area contributed by atoms with Crippen LogP contribution in [0.1, 0.15) is 56.8 Å². The summed E-state index contributed by atoms with van der Waals surface area (Å²) in [7, 11) is 0. The maximum atomic E-state index is 12.6. The topological polar surface area (TPSA) is 61.4 Å². The van der Waals surface area contributed by atoms with Crippen LogP contribution in [0, 0.1) is 0 Å². The Kier molecular flexibility index (Phi) is 6.37. The monoisotopic (exact) mass is 331 g/mol. The number of rotatable bonds is 7. The number of hydrogen-bond acceptors (Lipinski definition) is 3. The van der Waals surface area contributed by atoms with Gasteiger partial charge in [-0.3, -0.25) is 9.59 Å². The zero-order valence-electron chi connectivity index (χ0n) is 15.0. The van der Waals surface area contributed by atoms with Crippen LogP contribution >= 0.6 is 0 Å². The fourth-order valence-electron chi connectivity index (χ4n) is 3.11. The van der Waals surface area contributed by atoms with Crippen LogP contribution in [-0.4, -0.2) is 41.9 Å². The normalized spacial score (nSPS) is 15.3. The third-order valence-electron chi connectivity index (χ3n) is 4.16. The summed E-state index contributed by atoms with van der Waals surface area (Å²) in [5.74, 6) is -0.129. The Morgan fingerprint density at radius 2 is 1.92 bits per heavy atom. The molecule has 0 aromatic heterocycles. The van der Waals surface area contributed by atoms with Gasteiger partial charge < -0.3 is 15.5 Å². The van der Waals surface area contributed by atoms with Crippen LogP contribution in [0.5, 0.6) is 0 Å². The molecule has 1 fully saturated rings. The van der Waals surface area contributed by atoms with Gasteiger partial charge in [0, 0.05) is 29.8 Å². The predicted octanol–water partition coefficient (Wildman–Crippen LogP) is 3.03. The van der Waals surface area contributed by atoms with Crippen molar-refractivity contribution in [3.8, 4) is 0 Å². The molecule has 2 amide bonds. The lowest BCUT2D eigenvalue weighted by molar-refractivity contribution is -0.116. The molecule has 0 aliphatic carbocycles. The van der Waals surface area contributed by atoms with Crippen LogP contribution in [-0.2, 0) is 4.79 Å². The van der Waals surface area contributed by atoms with Gasteiger partial charge in [-0.15, -0.1) is 0 Å². The molecule has 1 aromatic rings. The van der Waals surface area contributed by atoms with E-state index in [1.807, 2.05) is 6.92 Å². The number of likely N-dealkylation sites (tertiary alicyclic amines) is 1. The summed E-state index contributed by atoms with van der Waals surface area (Å²) in [6, 6.07) is 7.11. The molecular formula is C19H29N3O2. The van der Waals surface area contributed by atoms with E-state index in [0.29, 0.717) is 17.7 Å². The van der Waals surface area contributed by atoms with Gasteiger partial charge in [0.1, 0.15) is 0 Å². The van der Waals surface area contributed by atoms with E-state index in [1.165, 1.54) is 12.8 Å². The quantitative estimate of drug-likeness (QED) is 0.807. The first-order valence-electron chi connectivity index (χ1n) is 8.84. The Labute approximate surface area is 144 Å². The second-order valence-corrected chi connectivity index (χ2v) is 7.20. The third kappa shape index (κ3) is 5.64. The molecule has 0 atom stereocenters. The van der Waals surface area contributed by atoms with Crippen LogP contribution < -0.4 is 10.6 Å². The second-order valence-electron chi connectivity index (χ2n) is 7.20. The van der Waals surface area contributed by atoms with Gasteiger partial charge in [-0.1, -0.05) is 13.0 Å². The van der Waals surface area contributed by atoms with Crippen molar-refractivity contribution in [1.29, 1.82) is 0 Å². The van der Waals surface area contributed by atoms with Crippen LogP contribution in [0.15, 0.2) is 24.3 Å². The largest absolute Gasteiger partial charge is 0.346 e. The maximum absolute atomic E-state index is 12.6. The Hall–Kier alpha value is -1.88. The molecule has 0 bridgehead atoms. The van der Waals surface area contributed by atoms with Crippen molar-refractivity contribution in [1.82, 2.24) is 10.2 Å². The Balaban J connectivity index is 1.97. The lowest BCUT2D eigenvalue weighted by Crippen LogP contribution is -2.51. The summed E-state index contributed by atoms with van der Waals surface area (Å²) >= 11 is 0. The number of carbonyl (C=O) groups is 2. The van der Waals surface area contributed by atoms with Crippen LogP contribution in [0.3, 0.4) is 0 Å². The predicted molar refractivity (Wildman–Crippen MR) is 97.2 cm³/mol. The number of anilines is 1. The first-order valence-corrected chi connectivity index (χ1v) is 8.84. The van der Waals surface area contributed by atoms with Gasteiger partial charge in [-0.2, -0.15) is 0 Å². The van der Waals surface area contributed by atoms with E-state index in [4.69, 9.17) is 0 Å².